The first-order valence-corrected chi connectivity index (χ1v) is 6.15. The van der Waals surface area contributed by atoms with Gasteiger partial charge in [-0.05, 0) is 35.9 Å². The molecule has 4 nitrogen and oxygen atoms in total. The first-order chi connectivity index (χ1) is 9.47. The van der Waals surface area contributed by atoms with Crippen molar-refractivity contribution < 1.29 is 14.3 Å². The first-order valence-electron chi connectivity index (χ1n) is 5.77. The molecule has 0 aliphatic heterocycles. The van der Waals surface area contributed by atoms with Gasteiger partial charge in [-0.1, -0.05) is 23.7 Å². The number of amides is 1. The fourth-order valence-electron chi connectivity index (χ4n) is 1.77. The van der Waals surface area contributed by atoms with Gasteiger partial charge >= 0.3 is 0 Å². The minimum Gasteiger partial charge on any atom is -0.506 e. The predicted octanol–water partition coefficient (Wildman–Crippen LogP) is 2.82. The third kappa shape index (κ3) is 3.19. The van der Waals surface area contributed by atoms with Crippen LogP contribution in [0.5, 0.6) is 5.75 Å². The van der Waals surface area contributed by atoms with Crippen molar-refractivity contribution in [2.75, 3.05) is 5.32 Å². The van der Waals surface area contributed by atoms with Gasteiger partial charge in [-0.2, -0.15) is 0 Å². The Hall–Kier alpha value is -2.27. The Kier molecular flexibility index (Phi) is 4.10. The predicted molar refractivity (Wildman–Crippen MR) is 75.1 cm³/mol. The van der Waals surface area contributed by atoms with Crippen LogP contribution in [0.2, 0.25) is 5.02 Å². The molecule has 0 bridgehead atoms. The van der Waals surface area contributed by atoms with Crippen LogP contribution in [0.3, 0.4) is 0 Å². The van der Waals surface area contributed by atoms with Gasteiger partial charge in [0.1, 0.15) is 17.6 Å². The number of phenolic OH excluding ortho intramolecular Hbond substituents is 1. The molecule has 0 fully saturated rings. The maximum atomic E-state index is 13.1. The number of rotatable bonds is 4. The number of aromatic hydroxyl groups is 1. The number of phenols is 1. The first kappa shape index (κ1) is 14.1. The van der Waals surface area contributed by atoms with Crippen LogP contribution in [0.1, 0.15) is 11.6 Å². The number of carbonyl (C=O) groups is 1. The second-order valence-corrected chi connectivity index (χ2v) is 4.61. The maximum absolute atomic E-state index is 13.1. The summed E-state index contributed by atoms with van der Waals surface area (Å²) in [4.78, 5) is 11.5. The Bertz CT molecular complexity index is 649. The summed E-state index contributed by atoms with van der Waals surface area (Å²) in [6.45, 7) is 0. The summed E-state index contributed by atoms with van der Waals surface area (Å²) in [5, 5.41) is 12.3. The lowest BCUT2D eigenvalue weighted by molar-refractivity contribution is -0.118. The molecular weight excluding hydrogens is 283 g/mol. The molecule has 0 saturated carbocycles. The number of nitrogens with two attached hydrogens (primary N) is 1. The maximum Gasteiger partial charge on any atom is 0.244 e. The lowest BCUT2D eigenvalue weighted by Gasteiger charge is -2.17. The van der Waals surface area contributed by atoms with Gasteiger partial charge < -0.3 is 16.2 Å². The average Bonchev–Trinajstić information content (AvgIpc) is 2.39. The van der Waals surface area contributed by atoms with E-state index in [4.69, 9.17) is 17.3 Å². The standard InChI is InChI=1S/C14H12ClFN2O2/c15-11-6-8(4-5-12(11)19)13(14(17)20)18-10-3-1-2-9(16)7-10/h1-7,13,18-19H,(H2,17,20). The number of benzene rings is 2. The summed E-state index contributed by atoms with van der Waals surface area (Å²) < 4.78 is 13.1. The average molecular weight is 295 g/mol. The summed E-state index contributed by atoms with van der Waals surface area (Å²) in [5.74, 6) is -1.16. The van der Waals surface area contributed by atoms with E-state index in [0.717, 1.165) is 0 Å². The smallest absolute Gasteiger partial charge is 0.244 e. The van der Waals surface area contributed by atoms with Crippen LogP contribution in [0, 0.1) is 5.82 Å². The van der Waals surface area contributed by atoms with Crippen molar-refractivity contribution in [2.45, 2.75) is 6.04 Å². The Balaban J connectivity index is 2.32. The van der Waals surface area contributed by atoms with Crippen LogP contribution < -0.4 is 11.1 Å². The van der Waals surface area contributed by atoms with Gasteiger partial charge in [0.25, 0.3) is 0 Å². The van der Waals surface area contributed by atoms with Gasteiger partial charge in [0, 0.05) is 5.69 Å². The Morgan fingerprint density at radius 1 is 1.30 bits per heavy atom. The summed E-state index contributed by atoms with van der Waals surface area (Å²) in [5.41, 5.74) is 6.23. The highest BCUT2D eigenvalue weighted by Crippen LogP contribution is 2.28. The fraction of sp³-hybridized carbons (Fsp3) is 0.0714. The summed E-state index contributed by atoms with van der Waals surface area (Å²) in [6.07, 6.45) is 0. The molecule has 0 aliphatic carbocycles. The zero-order chi connectivity index (χ0) is 14.7. The minimum atomic E-state index is -0.880. The topological polar surface area (TPSA) is 75.4 Å². The molecule has 2 rings (SSSR count). The molecule has 1 amide bonds. The quantitative estimate of drug-likeness (QED) is 0.811. The van der Waals surface area contributed by atoms with Crippen LogP contribution in [-0.4, -0.2) is 11.0 Å². The van der Waals surface area contributed by atoms with Crippen molar-refractivity contribution in [1.29, 1.82) is 0 Å². The van der Waals surface area contributed by atoms with Crippen LogP contribution in [0.4, 0.5) is 10.1 Å². The van der Waals surface area contributed by atoms with Crippen LogP contribution in [0.15, 0.2) is 42.5 Å². The summed E-state index contributed by atoms with van der Waals surface area (Å²) in [6, 6.07) is 9.10. The number of anilines is 1. The molecule has 0 aromatic heterocycles. The van der Waals surface area contributed by atoms with E-state index in [1.807, 2.05) is 0 Å². The van der Waals surface area contributed by atoms with Crippen molar-refractivity contribution in [3.05, 3.63) is 58.9 Å². The van der Waals surface area contributed by atoms with E-state index in [0.29, 0.717) is 11.3 Å². The molecule has 1 atom stereocenters. The Morgan fingerprint density at radius 2 is 2.05 bits per heavy atom. The highest BCUT2D eigenvalue weighted by atomic mass is 35.5. The van der Waals surface area contributed by atoms with E-state index in [-0.39, 0.29) is 10.8 Å². The molecule has 0 aliphatic rings. The molecule has 1 unspecified atom stereocenters. The molecular formula is C14H12ClFN2O2. The second-order valence-electron chi connectivity index (χ2n) is 4.20. The summed E-state index contributed by atoms with van der Waals surface area (Å²) >= 11 is 5.80. The van der Waals surface area contributed by atoms with Gasteiger partial charge in [0.2, 0.25) is 5.91 Å². The molecule has 2 aromatic carbocycles. The zero-order valence-electron chi connectivity index (χ0n) is 10.3. The molecule has 0 saturated heterocycles. The molecule has 6 heteroatoms. The lowest BCUT2D eigenvalue weighted by atomic mass is 10.1. The summed E-state index contributed by atoms with van der Waals surface area (Å²) in [7, 11) is 0. The number of hydrogen-bond acceptors (Lipinski definition) is 3. The van der Waals surface area contributed by atoms with Gasteiger partial charge in [0.05, 0.1) is 5.02 Å². The van der Waals surface area contributed by atoms with Gasteiger partial charge in [-0.3, -0.25) is 4.79 Å². The van der Waals surface area contributed by atoms with Crippen molar-refractivity contribution >= 4 is 23.2 Å². The van der Waals surface area contributed by atoms with Crippen LogP contribution in [-0.2, 0) is 4.79 Å². The second kappa shape index (κ2) is 5.79. The van der Waals surface area contributed by atoms with E-state index in [1.165, 1.54) is 36.4 Å². The molecule has 20 heavy (non-hydrogen) atoms. The molecule has 4 N–H and O–H groups in total. The fourth-order valence-corrected chi connectivity index (χ4v) is 1.96. The molecule has 0 spiro atoms. The lowest BCUT2D eigenvalue weighted by Crippen LogP contribution is -2.27. The SMILES string of the molecule is NC(=O)C(Nc1cccc(F)c1)c1ccc(O)c(Cl)c1. The number of carbonyl (C=O) groups excluding carboxylic acids is 1. The van der Waals surface area contributed by atoms with E-state index < -0.39 is 17.8 Å². The van der Waals surface area contributed by atoms with Crippen LogP contribution in [0.25, 0.3) is 0 Å². The zero-order valence-corrected chi connectivity index (χ0v) is 11.1. The van der Waals surface area contributed by atoms with Crippen molar-refractivity contribution in [3.63, 3.8) is 0 Å². The molecule has 0 heterocycles. The third-order valence-electron chi connectivity index (χ3n) is 2.73. The van der Waals surface area contributed by atoms with E-state index in [2.05, 4.69) is 5.32 Å². The number of halogens is 2. The highest BCUT2D eigenvalue weighted by molar-refractivity contribution is 6.32. The largest absolute Gasteiger partial charge is 0.506 e. The highest BCUT2D eigenvalue weighted by Gasteiger charge is 2.18. The molecule has 2 aromatic rings. The van der Waals surface area contributed by atoms with Crippen molar-refractivity contribution in [2.24, 2.45) is 5.73 Å². The minimum absolute atomic E-state index is 0.0932. The van der Waals surface area contributed by atoms with E-state index >= 15 is 0 Å². The Morgan fingerprint density at radius 3 is 2.65 bits per heavy atom. The van der Waals surface area contributed by atoms with E-state index in [1.54, 1.807) is 6.07 Å². The van der Waals surface area contributed by atoms with Crippen molar-refractivity contribution in [1.82, 2.24) is 0 Å². The molecule has 104 valence electrons. The third-order valence-corrected chi connectivity index (χ3v) is 3.03. The van der Waals surface area contributed by atoms with Gasteiger partial charge in [0.15, 0.2) is 0 Å². The van der Waals surface area contributed by atoms with Gasteiger partial charge in [-0.15, -0.1) is 0 Å². The van der Waals surface area contributed by atoms with Crippen LogP contribution >= 0.6 is 11.6 Å². The normalized spacial score (nSPS) is 11.9. The van der Waals surface area contributed by atoms with Crippen molar-refractivity contribution in [3.8, 4) is 5.75 Å². The molecule has 0 radical (unpaired) electrons. The number of primary amides is 1. The monoisotopic (exact) mass is 294 g/mol. The van der Waals surface area contributed by atoms with Gasteiger partial charge in [-0.25, -0.2) is 4.39 Å². The van der Waals surface area contributed by atoms with E-state index in [9.17, 15) is 14.3 Å². The Labute approximate surface area is 120 Å². The number of nitrogens with one attached hydrogen (secondary N) is 1. The number of hydrogen-bond donors (Lipinski definition) is 3.